The Labute approximate surface area is 167 Å². The van der Waals surface area contributed by atoms with Crippen LogP contribution in [0, 0.1) is 0 Å². The monoisotopic (exact) mass is 427 g/mol. The molecular weight excluding hydrogens is 411 g/mol. The summed E-state index contributed by atoms with van der Waals surface area (Å²) in [6.45, 7) is -0.797. The summed E-state index contributed by atoms with van der Waals surface area (Å²) in [6.07, 6.45) is -2.36. The highest BCUT2D eigenvalue weighted by Crippen LogP contribution is 2.39. The molecule has 0 fully saturated rings. The number of methoxy groups -OCH3 is 1. The predicted molar refractivity (Wildman–Crippen MR) is 98.0 cm³/mol. The van der Waals surface area contributed by atoms with Gasteiger partial charge in [0.15, 0.2) is 6.61 Å². The lowest BCUT2D eigenvalue weighted by atomic mass is 10.1. The third-order valence-electron chi connectivity index (χ3n) is 4.35. The van der Waals surface area contributed by atoms with Crippen molar-refractivity contribution in [3.05, 3.63) is 51.4 Å². The molecule has 0 saturated heterocycles. The summed E-state index contributed by atoms with van der Waals surface area (Å²) in [5.41, 5.74) is -0.730. The Morgan fingerprint density at radius 1 is 1.14 bits per heavy atom. The fourth-order valence-electron chi connectivity index (χ4n) is 3.09. The third-order valence-corrected chi connectivity index (χ3v) is 5.56. The van der Waals surface area contributed by atoms with Gasteiger partial charge in [0.05, 0.1) is 23.8 Å². The molecule has 0 saturated carbocycles. The number of esters is 2. The topological polar surface area (TPSA) is 81.7 Å². The van der Waals surface area contributed by atoms with E-state index in [1.165, 1.54) is 24.5 Å². The Kier molecular flexibility index (Phi) is 5.92. The molecule has 154 valence electrons. The first-order valence-corrected chi connectivity index (χ1v) is 9.40. The van der Waals surface area contributed by atoms with Gasteiger partial charge in [0.25, 0.3) is 5.91 Å². The molecule has 0 spiro atoms. The van der Waals surface area contributed by atoms with E-state index in [0.29, 0.717) is 6.42 Å². The van der Waals surface area contributed by atoms with Crippen LogP contribution in [0.25, 0.3) is 0 Å². The standard InChI is InChI=1S/C19H16F3NO5S/c1-27-18(26)15-11-6-4-8-13(11)29-16(15)23-14(24)9-28-17(25)10-5-2-3-7-12(10)19(20,21)22/h2-3,5,7H,4,6,8-9H2,1H3,(H,23,24). The van der Waals surface area contributed by atoms with Crippen LogP contribution < -0.4 is 5.32 Å². The van der Waals surface area contributed by atoms with Crippen molar-refractivity contribution in [1.82, 2.24) is 0 Å². The van der Waals surface area contributed by atoms with Gasteiger partial charge in [0.2, 0.25) is 0 Å². The zero-order chi connectivity index (χ0) is 21.2. The van der Waals surface area contributed by atoms with E-state index >= 15 is 0 Å². The molecule has 1 aromatic heterocycles. The van der Waals surface area contributed by atoms with E-state index in [2.05, 4.69) is 5.32 Å². The number of hydrogen-bond acceptors (Lipinski definition) is 6. The van der Waals surface area contributed by atoms with Crippen molar-refractivity contribution < 1.29 is 37.0 Å². The number of benzene rings is 1. The molecule has 1 aliphatic rings. The first-order chi connectivity index (χ1) is 13.7. The van der Waals surface area contributed by atoms with E-state index in [4.69, 9.17) is 9.47 Å². The van der Waals surface area contributed by atoms with Crippen molar-refractivity contribution in [2.45, 2.75) is 25.4 Å². The Morgan fingerprint density at radius 2 is 1.86 bits per heavy atom. The predicted octanol–water partition coefficient (Wildman–Crippen LogP) is 3.84. The molecule has 1 aromatic carbocycles. The van der Waals surface area contributed by atoms with Crippen LogP contribution in [0.5, 0.6) is 0 Å². The van der Waals surface area contributed by atoms with Crippen molar-refractivity contribution in [3.63, 3.8) is 0 Å². The molecule has 1 N–H and O–H groups in total. The number of amides is 1. The number of hydrogen-bond donors (Lipinski definition) is 1. The minimum atomic E-state index is -4.73. The lowest BCUT2D eigenvalue weighted by Crippen LogP contribution is -2.23. The van der Waals surface area contributed by atoms with Crippen LogP contribution in [0.1, 0.15) is 43.1 Å². The molecule has 6 nitrogen and oxygen atoms in total. The molecule has 0 radical (unpaired) electrons. The quantitative estimate of drug-likeness (QED) is 0.734. The van der Waals surface area contributed by atoms with Crippen LogP contribution in [-0.4, -0.2) is 31.6 Å². The Balaban J connectivity index is 1.69. The number of aryl methyl sites for hydroxylation is 1. The SMILES string of the molecule is COC(=O)c1c(NC(=O)COC(=O)c2ccccc2C(F)(F)F)sc2c1CCC2. The van der Waals surface area contributed by atoms with Gasteiger partial charge in [-0.2, -0.15) is 13.2 Å². The number of anilines is 1. The van der Waals surface area contributed by atoms with Gasteiger partial charge in [0.1, 0.15) is 5.00 Å². The van der Waals surface area contributed by atoms with Gasteiger partial charge in [-0.15, -0.1) is 11.3 Å². The minimum Gasteiger partial charge on any atom is -0.465 e. The van der Waals surface area contributed by atoms with E-state index in [1.54, 1.807) is 0 Å². The maximum absolute atomic E-state index is 13.0. The fourth-order valence-corrected chi connectivity index (χ4v) is 4.38. The zero-order valence-electron chi connectivity index (χ0n) is 15.2. The fraction of sp³-hybridized carbons (Fsp3) is 0.316. The number of rotatable bonds is 5. The van der Waals surface area contributed by atoms with Crippen molar-refractivity contribution in [1.29, 1.82) is 0 Å². The van der Waals surface area contributed by atoms with E-state index < -0.39 is 41.8 Å². The van der Waals surface area contributed by atoms with Gasteiger partial charge >= 0.3 is 18.1 Å². The molecule has 1 heterocycles. The lowest BCUT2D eigenvalue weighted by molar-refractivity contribution is -0.138. The molecule has 3 rings (SSSR count). The molecule has 10 heteroatoms. The number of ether oxygens (including phenoxy) is 2. The van der Waals surface area contributed by atoms with Crippen LogP contribution in [-0.2, 0) is 33.3 Å². The summed E-state index contributed by atoms with van der Waals surface area (Å²) in [4.78, 5) is 37.2. The molecule has 1 amide bonds. The Bertz CT molecular complexity index is 967. The zero-order valence-corrected chi connectivity index (χ0v) is 16.0. The van der Waals surface area contributed by atoms with E-state index in [-0.39, 0.29) is 10.6 Å². The molecule has 0 atom stereocenters. The number of carbonyl (C=O) groups is 3. The second kappa shape index (κ2) is 8.24. The molecule has 0 bridgehead atoms. The van der Waals surface area contributed by atoms with Gasteiger partial charge in [-0.25, -0.2) is 9.59 Å². The van der Waals surface area contributed by atoms with Crippen molar-refractivity contribution in [3.8, 4) is 0 Å². The van der Waals surface area contributed by atoms with E-state index in [1.807, 2.05) is 0 Å². The summed E-state index contributed by atoms with van der Waals surface area (Å²) < 4.78 is 48.5. The smallest absolute Gasteiger partial charge is 0.417 e. The second-order valence-electron chi connectivity index (χ2n) is 6.22. The molecule has 2 aromatic rings. The number of fused-ring (bicyclic) bond motifs is 1. The normalized spacial score (nSPS) is 13.0. The Hall–Kier alpha value is -2.88. The van der Waals surface area contributed by atoms with Crippen molar-refractivity contribution >= 4 is 34.2 Å². The average molecular weight is 427 g/mol. The number of thiophene rings is 1. The van der Waals surface area contributed by atoms with Crippen molar-refractivity contribution in [2.75, 3.05) is 19.0 Å². The van der Waals surface area contributed by atoms with E-state index in [0.717, 1.165) is 41.5 Å². The summed E-state index contributed by atoms with van der Waals surface area (Å²) in [5, 5.41) is 2.76. The molecular formula is C19H16F3NO5S. The van der Waals surface area contributed by atoms with Crippen LogP contribution in [0.4, 0.5) is 18.2 Å². The van der Waals surface area contributed by atoms with Gasteiger partial charge < -0.3 is 14.8 Å². The summed E-state index contributed by atoms with van der Waals surface area (Å²) in [5.74, 6) is -2.63. The molecule has 0 unspecified atom stereocenters. The summed E-state index contributed by atoms with van der Waals surface area (Å²) in [7, 11) is 1.23. The Morgan fingerprint density at radius 3 is 2.55 bits per heavy atom. The average Bonchev–Trinajstić information content (AvgIpc) is 3.25. The van der Waals surface area contributed by atoms with Crippen LogP contribution in [0.2, 0.25) is 0 Å². The maximum atomic E-state index is 13.0. The number of carbonyl (C=O) groups excluding carboxylic acids is 3. The van der Waals surface area contributed by atoms with Gasteiger partial charge in [0, 0.05) is 4.88 Å². The molecule has 29 heavy (non-hydrogen) atoms. The molecule has 0 aliphatic heterocycles. The van der Waals surface area contributed by atoms with Crippen LogP contribution >= 0.6 is 11.3 Å². The summed E-state index contributed by atoms with van der Waals surface area (Å²) >= 11 is 1.24. The van der Waals surface area contributed by atoms with Gasteiger partial charge in [-0.05, 0) is 37.0 Å². The maximum Gasteiger partial charge on any atom is 0.417 e. The number of alkyl halides is 3. The first-order valence-electron chi connectivity index (χ1n) is 8.58. The molecule has 1 aliphatic carbocycles. The van der Waals surface area contributed by atoms with Crippen molar-refractivity contribution in [2.24, 2.45) is 0 Å². The number of halogens is 3. The highest BCUT2D eigenvalue weighted by Gasteiger charge is 2.35. The highest BCUT2D eigenvalue weighted by molar-refractivity contribution is 7.17. The van der Waals surface area contributed by atoms with Crippen LogP contribution in [0.3, 0.4) is 0 Å². The highest BCUT2D eigenvalue weighted by atomic mass is 32.1. The largest absolute Gasteiger partial charge is 0.465 e. The van der Waals surface area contributed by atoms with Gasteiger partial charge in [-0.1, -0.05) is 12.1 Å². The van der Waals surface area contributed by atoms with Gasteiger partial charge in [-0.3, -0.25) is 4.79 Å². The van der Waals surface area contributed by atoms with Crippen LogP contribution in [0.15, 0.2) is 24.3 Å². The van der Waals surface area contributed by atoms with E-state index in [9.17, 15) is 27.6 Å². The first kappa shape index (κ1) is 20.8. The third kappa shape index (κ3) is 4.42. The minimum absolute atomic E-state index is 0.270. The lowest BCUT2D eigenvalue weighted by Gasteiger charge is -2.12. The number of nitrogens with one attached hydrogen (secondary N) is 1. The second-order valence-corrected chi connectivity index (χ2v) is 7.33. The summed E-state index contributed by atoms with van der Waals surface area (Å²) in [6, 6.07) is 4.15.